The van der Waals surface area contributed by atoms with E-state index in [-0.39, 0.29) is 22.2 Å². The molecule has 2 aromatic rings. The van der Waals surface area contributed by atoms with Gasteiger partial charge in [-0.15, -0.1) is 0 Å². The number of halogens is 2. The van der Waals surface area contributed by atoms with Crippen molar-refractivity contribution in [3.8, 4) is 5.75 Å². The quantitative estimate of drug-likeness (QED) is 0.910. The Labute approximate surface area is 121 Å². The van der Waals surface area contributed by atoms with Crippen LogP contribution in [0.3, 0.4) is 0 Å². The van der Waals surface area contributed by atoms with E-state index < -0.39 is 5.82 Å². The zero-order valence-corrected chi connectivity index (χ0v) is 11.3. The standard InChI is InChI=1S/C15H13ClFNO2/c16-14-9-11(17)3-6-13(14)15(20)18-8-7-10-1-4-12(19)5-2-10/h1-6,9,19H,7-8H2,(H,18,20). The average Bonchev–Trinajstić information content (AvgIpc) is 2.41. The molecule has 2 rings (SSSR count). The highest BCUT2D eigenvalue weighted by molar-refractivity contribution is 6.33. The molecule has 0 aromatic heterocycles. The summed E-state index contributed by atoms with van der Waals surface area (Å²) >= 11 is 5.81. The lowest BCUT2D eigenvalue weighted by molar-refractivity contribution is 0.0954. The fourth-order valence-corrected chi connectivity index (χ4v) is 2.00. The molecule has 0 unspecified atom stereocenters. The predicted octanol–water partition coefficient (Wildman–Crippen LogP) is 3.16. The molecule has 0 saturated carbocycles. The number of hydrogen-bond acceptors (Lipinski definition) is 2. The van der Waals surface area contributed by atoms with Gasteiger partial charge in [0.2, 0.25) is 0 Å². The maximum atomic E-state index is 12.9. The molecule has 0 atom stereocenters. The zero-order chi connectivity index (χ0) is 14.5. The predicted molar refractivity (Wildman–Crippen MR) is 75.6 cm³/mol. The number of carbonyl (C=O) groups is 1. The van der Waals surface area contributed by atoms with Crippen LogP contribution < -0.4 is 5.32 Å². The SMILES string of the molecule is O=C(NCCc1ccc(O)cc1)c1ccc(F)cc1Cl. The second-order valence-electron chi connectivity index (χ2n) is 4.30. The van der Waals surface area contributed by atoms with Crippen LogP contribution in [0.5, 0.6) is 5.75 Å². The molecule has 20 heavy (non-hydrogen) atoms. The minimum Gasteiger partial charge on any atom is -0.508 e. The van der Waals surface area contributed by atoms with Gasteiger partial charge in [-0.05, 0) is 42.3 Å². The van der Waals surface area contributed by atoms with Gasteiger partial charge < -0.3 is 10.4 Å². The fourth-order valence-electron chi connectivity index (χ4n) is 1.75. The summed E-state index contributed by atoms with van der Waals surface area (Å²) in [6.07, 6.45) is 0.630. The maximum absolute atomic E-state index is 12.9. The molecule has 0 aliphatic rings. The van der Waals surface area contributed by atoms with Crippen LogP contribution in [0.15, 0.2) is 42.5 Å². The molecule has 104 valence electrons. The van der Waals surface area contributed by atoms with Crippen molar-refractivity contribution in [1.82, 2.24) is 5.32 Å². The van der Waals surface area contributed by atoms with Gasteiger partial charge in [0.05, 0.1) is 10.6 Å². The highest BCUT2D eigenvalue weighted by Gasteiger charge is 2.10. The van der Waals surface area contributed by atoms with Gasteiger partial charge >= 0.3 is 0 Å². The Morgan fingerprint density at radius 3 is 2.55 bits per heavy atom. The summed E-state index contributed by atoms with van der Waals surface area (Å²) in [5.74, 6) is -0.611. The number of rotatable bonds is 4. The van der Waals surface area contributed by atoms with E-state index in [1.165, 1.54) is 12.1 Å². The van der Waals surface area contributed by atoms with Crippen molar-refractivity contribution in [3.05, 3.63) is 64.4 Å². The Balaban J connectivity index is 1.90. The summed E-state index contributed by atoms with van der Waals surface area (Å²) in [7, 11) is 0. The first kappa shape index (κ1) is 14.3. The number of carbonyl (C=O) groups excluding carboxylic acids is 1. The second-order valence-corrected chi connectivity index (χ2v) is 4.70. The van der Waals surface area contributed by atoms with Gasteiger partial charge in [-0.2, -0.15) is 0 Å². The van der Waals surface area contributed by atoms with Crippen molar-refractivity contribution in [2.45, 2.75) is 6.42 Å². The molecule has 0 aliphatic carbocycles. The van der Waals surface area contributed by atoms with E-state index in [2.05, 4.69) is 5.32 Å². The first-order chi connectivity index (χ1) is 9.56. The van der Waals surface area contributed by atoms with Gasteiger partial charge in [-0.25, -0.2) is 4.39 Å². The molecule has 2 N–H and O–H groups in total. The number of phenols is 1. The molecular weight excluding hydrogens is 281 g/mol. The fraction of sp³-hybridized carbons (Fsp3) is 0.133. The molecule has 0 saturated heterocycles. The molecule has 0 aliphatic heterocycles. The highest BCUT2D eigenvalue weighted by atomic mass is 35.5. The maximum Gasteiger partial charge on any atom is 0.252 e. The lowest BCUT2D eigenvalue weighted by atomic mass is 10.1. The molecule has 0 radical (unpaired) electrons. The van der Waals surface area contributed by atoms with Gasteiger partial charge in [0, 0.05) is 6.54 Å². The molecule has 1 amide bonds. The third kappa shape index (κ3) is 3.71. The van der Waals surface area contributed by atoms with Gasteiger partial charge in [-0.1, -0.05) is 23.7 Å². The number of aromatic hydroxyl groups is 1. The summed E-state index contributed by atoms with van der Waals surface area (Å²) in [6, 6.07) is 10.4. The van der Waals surface area contributed by atoms with Crippen molar-refractivity contribution in [1.29, 1.82) is 0 Å². The van der Waals surface area contributed by atoms with Crippen molar-refractivity contribution in [2.24, 2.45) is 0 Å². The number of hydrogen-bond donors (Lipinski definition) is 2. The minimum atomic E-state index is -0.476. The molecule has 0 heterocycles. The topological polar surface area (TPSA) is 49.3 Å². The number of phenolic OH excluding ortho intramolecular Hbond substituents is 1. The van der Waals surface area contributed by atoms with E-state index in [9.17, 15) is 9.18 Å². The van der Waals surface area contributed by atoms with Crippen LogP contribution in [-0.4, -0.2) is 17.6 Å². The summed E-state index contributed by atoms with van der Waals surface area (Å²) in [5.41, 5.74) is 1.24. The van der Waals surface area contributed by atoms with Crippen molar-refractivity contribution in [3.63, 3.8) is 0 Å². The second kappa shape index (κ2) is 6.39. The van der Waals surface area contributed by atoms with Crippen LogP contribution in [0.2, 0.25) is 5.02 Å². The molecular formula is C15H13ClFNO2. The smallest absolute Gasteiger partial charge is 0.252 e. The van der Waals surface area contributed by atoms with Gasteiger partial charge in [-0.3, -0.25) is 4.79 Å². The Hall–Kier alpha value is -2.07. The van der Waals surface area contributed by atoms with Crippen LogP contribution in [-0.2, 0) is 6.42 Å². The van der Waals surface area contributed by atoms with Crippen LogP contribution in [0.4, 0.5) is 4.39 Å². The largest absolute Gasteiger partial charge is 0.508 e. The number of benzene rings is 2. The molecule has 2 aromatic carbocycles. The van der Waals surface area contributed by atoms with E-state index in [0.717, 1.165) is 11.6 Å². The number of nitrogens with one attached hydrogen (secondary N) is 1. The van der Waals surface area contributed by atoms with Gasteiger partial charge in [0.15, 0.2) is 0 Å². The lowest BCUT2D eigenvalue weighted by Crippen LogP contribution is -2.26. The van der Waals surface area contributed by atoms with E-state index in [4.69, 9.17) is 16.7 Å². The molecule has 0 bridgehead atoms. The molecule has 5 heteroatoms. The monoisotopic (exact) mass is 293 g/mol. The summed E-state index contributed by atoms with van der Waals surface area (Å²) in [5, 5.41) is 12.0. The highest BCUT2D eigenvalue weighted by Crippen LogP contribution is 2.17. The summed E-state index contributed by atoms with van der Waals surface area (Å²) in [4.78, 5) is 11.9. The lowest BCUT2D eigenvalue weighted by Gasteiger charge is -2.07. The van der Waals surface area contributed by atoms with E-state index >= 15 is 0 Å². The Morgan fingerprint density at radius 2 is 1.90 bits per heavy atom. The Morgan fingerprint density at radius 1 is 1.20 bits per heavy atom. The van der Waals surface area contributed by atoms with Crippen LogP contribution in [0.25, 0.3) is 0 Å². The van der Waals surface area contributed by atoms with Crippen molar-refractivity contribution >= 4 is 17.5 Å². The van der Waals surface area contributed by atoms with E-state index in [0.29, 0.717) is 13.0 Å². The Kier molecular flexibility index (Phi) is 4.58. The van der Waals surface area contributed by atoms with Crippen LogP contribution >= 0.6 is 11.6 Å². The summed E-state index contributed by atoms with van der Waals surface area (Å²) in [6.45, 7) is 0.428. The first-order valence-electron chi connectivity index (χ1n) is 6.07. The Bertz CT molecular complexity index is 614. The first-order valence-corrected chi connectivity index (χ1v) is 6.45. The van der Waals surface area contributed by atoms with Gasteiger partial charge in [0.1, 0.15) is 11.6 Å². The minimum absolute atomic E-state index is 0.0899. The van der Waals surface area contributed by atoms with Crippen molar-refractivity contribution < 1.29 is 14.3 Å². The van der Waals surface area contributed by atoms with Crippen LogP contribution in [0, 0.1) is 5.82 Å². The third-order valence-corrected chi connectivity index (χ3v) is 3.12. The van der Waals surface area contributed by atoms with E-state index in [1.807, 2.05) is 0 Å². The zero-order valence-electron chi connectivity index (χ0n) is 10.6. The molecule has 3 nitrogen and oxygen atoms in total. The van der Waals surface area contributed by atoms with E-state index in [1.54, 1.807) is 24.3 Å². The summed E-state index contributed by atoms with van der Waals surface area (Å²) < 4.78 is 12.9. The van der Waals surface area contributed by atoms with Crippen LogP contribution in [0.1, 0.15) is 15.9 Å². The van der Waals surface area contributed by atoms with Gasteiger partial charge in [0.25, 0.3) is 5.91 Å². The molecule has 0 fully saturated rings. The third-order valence-electron chi connectivity index (χ3n) is 2.81. The molecule has 0 spiro atoms. The normalized spacial score (nSPS) is 10.3. The van der Waals surface area contributed by atoms with Crippen molar-refractivity contribution in [2.75, 3.05) is 6.54 Å². The number of amides is 1. The average molecular weight is 294 g/mol.